The number of aromatic nitrogens is 2. The van der Waals surface area contributed by atoms with E-state index in [2.05, 4.69) is 10.1 Å². The molecule has 0 bridgehead atoms. The number of H-pyrrole nitrogens is 1. The molecule has 0 aliphatic carbocycles. The Hall–Kier alpha value is -4.46. The van der Waals surface area contributed by atoms with Gasteiger partial charge in [0.25, 0.3) is 5.56 Å². The Bertz CT molecular complexity index is 1370. The topological polar surface area (TPSA) is 85.7 Å². The van der Waals surface area contributed by atoms with Crippen LogP contribution in [0.3, 0.4) is 0 Å². The number of esters is 1. The summed E-state index contributed by atoms with van der Waals surface area (Å²) in [5, 5.41) is 2.93. The highest BCUT2D eigenvalue weighted by Crippen LogP contribution is 2.24. The SMILES string of the molecule is COC(=O)Cc1[nH]n(-c2ccc(F)cc2)c(=O)c1C(C)=Nc1ccc(Oc2ccccc2)cc1. The molecule has 0 radical (unpaired) electrons. The Kier molecular flexibility index (Phi) is 6.68. The fourth-order valence-electron chi connectivity index (χ4n) is 3.43. The van der Waals surface area contributed by atoms with Gasteiger partial charge in [0.1, 0.15) is 17.3 Å². The molecular weight excluding hydrogens is 437 g/mol. The number of para-hydroxylation sites is 1. The molecule has 1 N–H and O–H groups in total. The smallest absolute Gasteiger partial charge is 0.311 e. The summed E-state index contributed by atoms with van der Waals surface area (Å²) in [6.07, 6.45) is -0.147. The summed E-state index contributed by atoms with van der Waals surface area (Å²) in [4.78, 5) is 29.7. The Morgan fingerprint density at radius 1 is 0.971 bits per heavy atom. The van der Waals surface area contributed by atoms with Crippen molar-refractivity contribution in [1.82, 2.24) is 9.78 Å². The van der Waals surface area contributed by atoms with Crippen LogP contribution in [-0.4, -0.2) is 28.6 Å². The van der Waals surface area contributed by atoms with Crippen molar-refractivity contribution < 1.29 is 18.7 Å². The minimum Gasteiger partial charge on any atom is -0.469 e. The third-order valence-corrected chi connectivity index (χ3v) is 5.07. The Morgan fingerprint density at radius 3 is 2.26 bits per heavy atom. The van der Waals surface area contributed by atoms with Crippen LogP contribution in [0.5, 0.6) is 11.5 Å². The molecule has 1 aromatic heterocycles. The molecule has 0 fully saturated rings. The fourth-order valence-corrected chi connectivity index (χ4v) is 3.43. The van der Waals surface area contributed by atoms with E-state index < -0.39 is 17.3 Å². The molecule has 1 heterocycles. The monoisotopic (exact) mass is 459 g/mol. The average Bonchev–Trinajstić information content (AvgIpc) is 3.17. The first-order valence-electron chi connectivity index (χ1n) is 10.5. The number of carbonyl (C=O) groups is 1. The molecule has 4 rings (SSSR count). The lowest BCUT2D eigenvalue weighted by Crippen LogP contribution is -2.20. The number of methoxy groups -OCH3 is 1. The summed E-state index contributed by atoms with van der Waals surface area (Å²) in [5.74, 6) is 0.435. The van der Waals surface area contributed by atoms with Gasteiger partial charge in [-0.15, -0.1) is 0 Å². The molecule has 0 atom stereocenters. The quantitative estimate of drug-likeness (QED) is 0.313. The number of benzene rings is 3. The zero-order valence-corrected chi connectivity index (χ0v) is 18.6. The van der Waals surface area contributed by atoms with E-state index in [9.17, 15) is 14.0 Å². The van der Waals surface area contributed by atoms with E-state index in [1.165, 1.54) is 36.1 Å². The third kappa shape index (κ3) is 5.12. The molecule has 0 aliphatic rings. The van der Waals surface area contributed by atoms with E-state index in [4.69, 9.17) is 9.47 Å². The normalized spacial score (nSPS) is 11.3. The number of halogens is 1. The fraction of sp³-hybridized carbons (Fsp3) is 0.115. The summed E-state index contributed by atoms with van der Waals surface area (Å²) in [6, 6.07) is 21.9. The highest BCUT2D eigenvalue weighted by Gasteiger charge is 2.20. The zero-order valence-electron chi connectivity index (χ0n) is 18.6. The maximum Gasteiger partial charge on any atom is 0.311 e. The van der Waals surface area contributed by atoms with Crippen molar-refractivity contribution in [3.63, 3.8) is 0 Å². The van der Waals surface area contributed by atoms with E-state index in [-0.39, 0.29) is 12.0 Å². The van der Waals surface area contributed by atoms with Gasteiger partial charge < -0.3 is 9.47 Å². The second kappa shape index (κ2) is 9.99. The van der Waals surface area contributed by atoms with Crippen molar-refractivity contribution in [2.75, 3.05) is 7.11 Å². The van der Waals surface area contributed by atoms with Crippen molar-refractivity contribution in [2.45, 2.75) is 13.3 Å². The molecule has 0 saturated heterocycles. The predicted molar refractivity (Wildman–Crippen MR) is 127 cm³/mol. The molecule has 172 valence electrons. The van der Waals surface area contributed by atoms with Crippen LogP contribution in [0.2, 0.25) is 0 Å². The summed E-state index contributed by atoms with van der Waals surface area (Å²) >= 11 is 0. The maximum atomic E-state index is 13.3. The van der Waals surface area contributed by atoms with Crippen molar-refractivity contribution in [1.29, 1.82) is 0 Å². The van der Waals surface area contributed by atoms with Crippen molar-refractivity contribution in [3.8, 4) is 17.2 Å². The van der Waals surface area contributed by atoms with Gasteiger partial charge in [-0.3, -0.25) is 19.7 Å². The van der Waals surface area contributed by atoms with E-state index in [1.54, 1.807) is 31.2 Å². The summed E-state index contributed by atoms with van der Waals surface area (Å²) in [6.45, 7) is 1.69. The summed E-state index contributed by atoms with van der Waals surface area (Å²) in [7, 11) is 1.27. The molecule has 0 spiro atoms. The number of aliphatic imine (C=N–C) groups is 1. The lowest BCUT2D eigenvalue weighted by Gasteiger charge is -2.06. The minimum absolute atomic E-state index is 0.147. The number of hydrogen-bond donors (Lipinski definition) is 1. The first-order valence-corrected chi connectivity index (χ1v) is 10.5. The molecule has 3 aromatic carbocycles. The Labute approximate surface area is 195 Å². The summed E-state index contributed by atoms with van der Waals surface area (Å²) in [5.41, 5.74) is 1.65. The highest BCUT2D eigenvalue weighted by atomic mass is 19.1. The molecule has 34 heavy (non-hydrogen) atoms. The standard InChI is InChI=1S/C26H22FN3O4/c1-17(28-19-10-14-22(15-11-19)34-21-6-4-3-5-7-21)25-23(16-24(31)33-2)29-30(26(25)32)20-12-8-18(27)9-13-20/h3-15,29H,16H2,1-2H3. The number of nitrogens with zero attached hydrogens (tertiary/aromatic N) is 2. The number of hydrogen-bond acceptors (Lipinski definition) is 5. The van der Waals surface area contributed by atoms with Crippen LogP contribution in [0, 0.1) is 5.82 Å². The lowest BCUT2D eigenvalue weighted by atomic mass is 10.1. The molecule has 0 aliphatic heterocycles. The van der Waals surface area contributed by atoms with E-state index in [0.29, 0.717) is 28.5 Å². The van der Waals surface area contributed by atoms with Gasteiger partial charge in [-0.1, -0.05) is 18.2 Å². The molecular formula is C26H22FN3O4. The number of carbonyl (C=O) groups excluding carboxylic acids is 1. The van der Waals surface area contributed by atoms with Gasteiger partial charge in [-0.2, -0.15) is 0 Å². The predicted octanol–water partition coefficient (Wildman–Crippen LogP) is 4.95. The lowest BCUT2D eigenvalue weighted by molar-refractivity contribution is -0.139. The highest BCUT2D eigenvalue weighted by molar-refractivity contribution is 6.01. The van der Waals surface area contributed by atoms with Gasteiger partial charge in [0.15, 0.2) is 0 Å². The first kappa shape index (κ1) is 22.7. The Balaban J connectivity index is 1.67. The van der Waals surface area contributed by atoms with Crippen molar-refractivity contribution >= 4 is 17.4 Å². The first-order chi connectivity index (χ1) is 16.4. The van der Waals surface area contributed by atoms with E-state index in [0.717, 1.165) is 5.75 Å². The number of nitrogens with one attached hydrogen (secondary N) is 1. The van der Waals surface area contributed by atoms with Crippen molar-refractivity contribution in [2.24, 2.45) is 4.99 Å². The van der Waals surface area contributed by atoms with Gasteiger partial charge in [-0.05, 0) is 67.6 Å². The second-order valence-corrected chi connectivity index (χ2v) is 7.44. The molecule has 0 unspecified atom stereocenters. The van der Waals surface area contributed by atoms with Crippen LogP contribution >= 0.6 is 0 Å². The number of ether oxygens (including phenoxy) is 2. The van der Waals surface area contributed by atoms with E-state index >= 15 is 0 Å². The van der Waals surface area contributed by atoms with Gasteiger partial charge in [0, 0.05) is 0 Å². The van der Waals surface area contributed by atoms with Gasteiger partial charge in [0.05, 0.1) is 41.9 Å². The largest absolute Gasteiger partial charge is 0.469 e. The summed E-state index contributed by atoms with van der Waals surface area (Å²) < 4.78 is 25.2. The van der Waals surface area contributed by atoms with Crippen LogP contribution in [0.25, 0.3) is 5.69 Å². The van der Waals surface area contributed by atoms with E-state index in [1.807, 2.05) is 30.3 Å². The van der Waals surface area contributed by atoms with Crippen LogP contribution in [0.15, 0.2) is 88.6 Å². The third-order valence-electron chi connectivity index (χ3n) is 5.07. The zero-order chi connectivity index (χ0) is 24.1. The van der Waals surface area contributed by atoms with Crippen LogP contribution < -0.4 is 10.3 Å². The molecule has 7 nitrogen and oxygen atoms in total. The molecule has 0 amide bonds. The van der Waals surface area contributed by atoms with Gasteiger partial charge >= 0.3 is 5.97 Å². The number of rotatable bonds is 7. The van der Waals surface area contributed by atoms with Crippen LogP contribution in [0.4, 0.5) is 10.1 Å². The molecule has 8 heteroatoms. The second-order valence-electron chi connectivity index (χ2n) is 7.44. The number of aromatic amines is 1. The van der Waals surface area contributed by atoms with Gasteiger partial charge in [0.2, 0.25) is 0 Å². The van der Waals surface area contributed by atoms with Crippen molar-refractivity contribution in [3.05, 3.63) is 106 Å². The van der Waals surface area contributed by atoms with Gasteiger partial charge in [-0.25, -0.2) is 9.07 Å². The Morgan fingerprint density at radius 2 is 1.62 bits per heavy atom. The van der Waals surface area contributed by atoms with Crippen LogP contribution in [0.1, 0.15) is 18.2 Å². The molecule has 0 saturated carbocycles. The maximum absolute atomic E-state index is 13.3. The molecule has 4 aromatic rings. The van der Waals surface area contributed by atoms with Crippen LogP contribution in [-0.2, 0) is 16.0 Å². The minimum atomic E-state index is -0.510. The average molecular weight is 459 g/mol.